The first-order valence-electron chi connectivity index (χ1n) is 6.15. The highest BCUT2D eigenvalue weighted by molar-refractivity contribution is 5.56. The maximum atomic E-state index is 3.34. The van der Waals surface area contributed by atoms with Crippen LogP contribution in [0.1, 0.15) is 12.5 Å². The highest BCUT2D eigenvalue weighted by Crippen LogP contribution is 2.41. The zero-order chi connectivity index (χ0) is 12.4. The third kappa shape index (κ3) is 1.57. The number of rotatable bonds is 3. The Morgan fingerprint density at radius 2 is 1.39 bits per heavy atom. The Morgan fingerprint density at radius 1 is 0.833 bits per heavy atom. The zero-order valence-corrected chi connectivity index (χ0v) is 10.4. The first kappa shape index (κ1) is 10.9. The van der Waals surface area contributed by atoms with Crippen LogP contribution in [0.3, 0.4) is 0 Å². The van der Waals surface area contributed by atoms with E-state index < -0.39 is 0 Å². The molecule has 18 heavy (non-hydrogen) atoms. The van der Waals surface area contributed by atoms with Crippen molar-refractivity contribution in [3.8, 4) is 0 Å². The van der Waals surface area contributed by atoms with E-state index in [0.717, 1.165) is 0 Å². The molecule has 1 aromatic rings. The molecular formula is C18H14. The summed E-state index contributed by atoms with van der Waals surface area (Å²) in [5.41, 5.74) is 10.2. The molecule has 0 N–H and O–H groups in total. The Hall–Kier alpha value is -2.26. The monoisotopic (exact) mass is 230 g/mol. The maximum absolute atomic E-state index is 3.34. The normalized spacial score (nSPS) is 16.3. The van der Waals surface area contributed by atoms with Gasteiger partial charge in [-0.15, -0.1) is 11.5 Å². The summed E-state index contributed by atoms with van der Waals surface area (Å²) < 4.78 is 0. The molecule has 0 amide bonds. The second-order valence-electron chi connectivity index (χ2n) is 4.66. The lowest BCUT2D eigenvalue weighted by Crippen LogP contribution is -2.24. The molecule has 0 radical (unpaired) electrons. The van der Waals surface area contributed by atoms with Crippen LogP contribution >= 0.6 is 0 Å². The van der Waals surface area contributed by atoms with E-state index >= 15 is 0 Å². The molecule has 3 rings (SSSR count). The molecule has 0 fully saturated rings. The van der Waals surface area contributed by atoms with Gasteiger partial charge in [0.05, 0.1) is 5.41 Å². The Labute approximate surface area is 108 Å². The van der Waals surface area contributed by atoms with Crippen LogP contribution in [0.5, 0.6) is 0 Å². The van der Waals surface area contributed by atoms with Crippen LogP contribution in [0.25, 0.3) is 0 Å². The van der Waals surface area contributed by atoms with Crippen LogP contribution in [0.4, 0.5) is 0 Å². The SMILES string of the molecule is CC(C1=C=CC=C1)(C1=C=CC=C1)c1ccccc1. The molecule has 1 aromatic carbocycles. The number of hydrogen-bond acceptors (Lipinski definition) is 0. The summed E-state index contributed by atoms with van der Waals surface area (Å²) in [6.45, 7) is 2.24. The fraction of sp³-hybridized carbons (Fsp3) is 0.111. The summed E-state index contributed by atoms with van der Waals surface area (Å²) in [7, 11) is 0. The van der Waals surface area contributed by atoms with E-state index in [4.69, 9.17) is 0 Å². The van der Waals surface area contributed by atoms with Crippen molar-refractivity contribution in [1.82, 2.24) is 0 Å². The Morgan fingerprint density at radius 3 is 1.83 bits per heavy atom. The van der Waals surface area contributed by atoms with Crippen LogP contribution in [0, 0.1) is 0 Å². The predicted molar refractivity (Wildman–Crippen MR) is 75.3 cm³/mol. The fourth-order valence-electron chi connectivity index (χ4n) is 2.51. The van der Waals surface area contributed by atoms with Gasteiger partial charge in [-0.3, -0.25) is 0 Å². The van der Waals surface area contributed by atoms with E-state index in [-0.39, 0.29) is 5.41 Å². The molecule has 2 aliphatic rings. The largest absolute Gasteiger partial charge is 0.116 e. The minimum absolute atomic E-state index is 0.172. The van der Waals surface area contributed by atoms with Crippen molar-refractivity contribution in [2.45, 2.75) is 12.3 Å². The van der Waals surface area contributed by atoms with Crippen molar-refractivity contribution in [2.24, 2.45) is 0 Å². The fourth-order valence-corrected chi connectivity index (χ4v) is 2.51. The molecule has 0 atom stereocenters. The standard InChI is InChI=1S/C18H14/c1-18(16-11-5-6-12-16,17-13-7-8-14-17)15-9-3-2-4-10-15/h2-11,13H,1H3. The Bertz CT molecular complexity index is 615. The lowest BCUT2D eigenvalue weighted by Gasteiger charge is -2.30. The van der Waals surface area contributed by atoms with Gasteiger partial charge in [-0.1, -0.05) is 42.5 Å². The average molecular weight is 230 g/mol. The van der Waals surface area contributed by atoms with Gasteiger partial charge in [0.15, 0.2) is 0 Å². The van der Waals surface area contributed by atoms with Gasteiger partial charge >= 0.3 is 0 Å². The molecule has 0 spiro atoms. The van der Waals surface area contributed by atoms with Crippen LogP contribution in [-0.2, 0) is 5.41 Å². The van der Waals surface area contributed by atoms with E-state index in [1.165, 1.54) is 16.7 Å². The average Bonchev–Trinajstić information content (AvgIpc) is 3.12. The highest BCUT2D eigenvalue weighted by Gasteiger charge is 2.34. The second-order valence-corrected chi connectivity index (χ2v) is 4.66. The summed E-state index contributed by atoms with van der Waals surface area (Å²) in [6, 6.07) is 10.6. The van der Waals surface area contributed by atoms with Crippen molar-refractivity contribution in [3.05, 3.63) is 95.0 Å². The van der Waals surface area contributed by atoms with Gasteiger partial charge in [-0.05, 0) is 36.8 Å². The van der Waals surface area contributed by atoms with Gasteiger partial charge < -0.3 is 0 Å². The van der Waals surface area contributed by atoms with Crippen molar-refractivity contribution in [2.75, 3.05) is 0 Å². The molecule has 86 valence electrons. The molecule has 0 aliphatic heterocycles. The van der Waals surface area contributed by atoms with E-state index in [1.807, 2.05) is 30.4 Å². The number of benzene rings is 1. The third-order valence-electron chi connectivity index (χ3n) is 3.62. The second kappa shape index (κ2) is 4.20. The number of allylic oxidation sites excluding steroid dienone is 6. The lowest BCUT2D eigenvalue weighted by atomic mass is 9.71. The molecular weight excluding hydrogens is 216 g/mol. The lowest BCUT2D eigenvalue weighted by molar-refractivity contribution is 0.695. The molecule has 2 aliphatic carbocycles. The van der Waals surface area contributed by atoms with E-state index in [9.17, 15) is 0 Å². The van der Waals surface area contributed by atoms with Gasteiger partial charge in [-0.25, -0.2) is 0 Å². The smallest absolute Gasteiger partial charge is 0.0569 e. The first-order chi connectivity index (χ1) is 8.82. The third-order valence-corrected chi connectivity index (χ3v) is 3.62. The predicted octanol–water partition coefficient (Wildman–Crippen LogP) is 4.25. The van der Waals surface area contributed by atoms with E-state index in [0.29, 0.717) is 0 Å². The quantitative estimate of drug-likeness (QED) is 0.681. The van der Waals surface area contributed by atoms with Crippen LogP contribution in [0.2, 0.25) is 0 Å². The minimum Gasteiger partial charge on any atom is -0.116 e. The van der Waals surface area contributed by atoms with Gasteiger partial charge in [0, 0.05) is 11.1 Å². The molecule has 0 unspecified atom stereocenters. The maximum Gasteiger partial charge on any atom is 0.0569 e. The molecule has 0 heteroatoms. The zero-order valence-electron chi connectivity index (χ0n) is 10.4. The topological polar surface area (TPSA) is 0 Å². The summed E-state index contributed by atoms with van der Waals surface area (Å²) in [5, 5.41) is 0. The van der Waals surface area contributed by atoms with Gasteiger partial charge in [0.2, 0.25) is 0 Å². The van der Waals surface area contributed by atoms with Gasteiger partial charge in [-0.2, -0.15) is 0 Å². The van der Waals surface area contributed by atoms with E-state index in [2.05, 4.69) is 54.8 Å². The summed E-state index contributed by atoms with van der Waals surface area (Å²) in [5.74, 6) is 0. The molecule has 0 saturated carbocycles. The van der Waals surface area contributed by atoms with Crippen molar-refractivity contribution >= 4 is 0 Å². The summed E-state index contributed by atoms with van der Waals surface area (Å²) >= 11 is 0. The summed E-state index contributed by atoms with van der Waals surface area (Å²) in [4.78, 5) is 0. The molecule has 0 aromatic heterocycles. The number of hydrogen-bond donors (Lipinski definition) is 0. The minimum atomic E-state index is -0.172. The van der Waals surface area contributed by atoms with Crippen molar-refractivity contribution in [1.29, 1.82) is 0 Å². The van der Waals surface area contributed by atoms with Crippen LogP contribution < -0.4 is 0 Å². The first-order valence-corrected chi connectivity index (χ1v) is 6.15. The van der Waals surface area contributed by atoms with E-state index in [1.54, 1.807) is 0 Å². The van der Waals surface area contributed by atoms with Crippen LogP contribution in [0.15, 0.2) is 89.4 Å². The summed E-state index contributed by atoms with van der Waals surface area (Å²) in [6.07, 6.45) is 12.3. The van der Waals surface area contributed by atoms with Crippen molar-refractivity contribution < 1.29 is 0 Å². The van der Waals surface area contributed by atoms with Crippen molar-refractivity contribution in [3.63, 3.8) is 0 Å². The molecule has 0 heterocycles. The van der Waals surface area contributed by atoms with Gasteiger partial charge in [0.25, 0.3) is 0 Å². The Kier molecular flexibility index (Phi) is 2.54. The highest BCUT2D eigenvalue weighted by atomic mass is 14.3. The molecule has 0 nitrogen and oxygen atoms in total. The van der Waals surface area contributed by atoms with Gasteiger partial charge in [0.1, 0.15) is 0 Å². The molecule has 0 saturated heterocycles. The Balaban J connectivity index is 2.22. The molecule has 0 bridgehead atoms. The van der Waals surface area contributed by atoms with Crippen LogP contribution in [-0.4, -0.2) is 0 Å².